The molecule has 0 aliphatic heterocycles. The molecule has 0 atom stereocenters. The molecule has 0 aliphatic carbocycles. The van der Waals surface area contributed by atoms with Crippen molar-refractivity contribution in [2.75, 3.05) is 4.90 Å². The first-order valence-corrected chi connectivity index (χ1v) is 21.2. The number of nitrogens with zero attached hydrogens (tertiary/aromatic N) is 1. The summed E-state index contributed by atoms with van der Waals surface area (Å²) in [7, 11) is 0. The monoisotopic (exact) mass is 789 g/mol. The van der Waals surface area contributed by atoms with Gasteiger partial charge in [-0.1, -0.05) is 188 Å². The summed E-state index contributed by atoms with van der Waals surface area (Å²) >= 11 is 0. The van der Waals surface area contributed by atoms with Crippen LogP contribution in [0.3, 0.4) is 0 Å². The van der Waals surface area contributed by atoms with Gasteiger partial charge in [-0.3, -0.25) is 0 Å². The summed E-state index contributed by atoms with van der Waals surface area (Å²) in [6, 6.07) is 85.5. The minimum atomic E-state index is 0.902. The molecule has 2 heteroatoms. The lowest BCUT2D eigenvalue weighted by Crippen LogP contribution is -2.10. The fraction of sp³-hybridized carbons (Fsp3) is 0. The highest BCUT2D eigenvalue weighted by Gasteiger charge is 2.21. The summed E-state index contributed by atoms with van der Waals surface area (Å²) in [6.07, 6.45) is 0. The van der Waals surface area contributed by atoms with Crippen LogP contribution in [-0.4, -0.2) is 0 Å². The Kier molecular flexibility index (Phi) is 8.53. The summed E-state index contributed by atoms with van der Waals surface area (Å²) in [4.78, 5) is 2.40. The molecule has 0 saturated carbocycles. The van der Waals surface area contributed by atoms with Gasteiger partial charge in [-0.25, -0.2) is 0 Å². The van der Waals surface area contributed by atoms with E-state index in [1.807, 2.05) is 12.1 Å². The molecule has 0 aliphatic rings. The fourth-order valence-electron chi connectivity index (χ4n) is 9.52. The second kappa shape index (κ2) is 14.8. The lowest BCUT2D eigenvalue weighted by molar-refractivity contribution is 0.670. The lowest BCUT2D eigenvalue weighted by Gasteiger charge is -2.27. The van der Waals surface area contributed by atoms with Crippen LogP contribution in [-0.2, 0) is 0 Å². The molecule has 0 unspecified atom stereocenters. The molecule has 1 heterocycles. The molecule has 1 aromatic heterocycles. The molecule has 0 fully saturated rings. The SMILES string of the molecule is c1ccc(-c2ccc3cc(N(c4ccc(-c5cccc6c5oc5ccccc56)cc4)c4ccc5c(c4)c(-c4ccccc4)c(-c4ccccc4)c4ccccc45)ccc3c2)cc1. The van der Waals surface area contributed by atoms with E-state index in [1.54, 1.807) is 0 Å². The van der Waals surface area contributed by atoms with E-state index >= 15 is 0 Å². The van der Waals surface area contributed by atoms with Crippen LogP contribution < -0.4 is 4.90 Å². The number of rotatable bonds is 7. The Hall–Kier alpha value is -8.20. The molecule has 0 radical (unpaired) electrons. The number of para-hydroxylation sites is 2. The Bertz CT molecular complexity index is 3610. The maximum atomic E-state index is 6.48. The molecule has 0 spiro atoms. The highest BCUT2D eigenvalue weighted by molar-refractivity contribution is 6.22. The van der Waals surface area contributed by atoms with Crippen LogP contribution >= 0.6 is 0 Å². The minimum Gasteiger partial charge on any atom is -0.455 e. The molecule has 0 bridgehead atoms. The van der Waals surface area contributed by atoms with Gasteiger partial charge in [-0.05, 0) is 120 Å². The van der Waals surface area contributed by atoms with Crippen LogP contribution in [0, 0.1) is 0 Å². The van der Waals surface area contributed by atoms with Gasteiger partial charge in [0, 0.05) is 33.4 Å². The molecule has 0 saturated heterocycles. The molecule has 62 heavy (non-hydrogen) atoms. The number of benzene rings is 11. The Labute approximate surface area is 360 Å². The predicted molar refractivity (Wildman–Crippen MR) is 263 cm³/mol. The number of hydrogen-bond donors (Lipinski definition) is 0. The maximum Gasteiger partial charge on any atom is 0.143 e. The molecule has 11 aromatic carbocycles. The van der Waals surface area contributed by atoms with Gasteiger partial charge in [0.25, 0.3) is 0 Å². The summed E-state index contributed by atoms with van der Waals surface area (Å²) in [5.74, 6) is 0. The quantitative estimate of drug-likeness (QED) is 0.150. The second-order valence-electron chi connectivity index (χ2n) is 16.0. The van der Waals surface area contributed by atoms with E-state index in [2.05, 4.69) is 229 Å². The van der Waals surface area contributed by atoms with Gasteiger partial charge in [0.15, 0.2) is 0 Å². The number of hydrogen-bond acceptors (Lipinski definition) is 2. The van der Waals surface area contributed by atoms with Gasteiger partial charge >= 0.3 is 0 Å². The third kappa shape index (κ3) is 6.04. The van der Waals surface area contributed by atoms with E-state index in [0.717, 1.165) is 50.1 Å². The standard InChI is InChI=1S/C60H39NO/c1-4-15-40(16-5-1)44-27-28-46-38-48(34-31-45(46)37-44)61(47-32-29-41(30-33-47)50-24-14-25-55-53-22-12-13-26-57(53)62-60(50)55)49-35-36-52-51-21-10-11-23-54(51)58(42-17-6-2-7-18-42)59(56(52)39-49)43-19-8-3-9-20-43/h1-39H. The summed E-state index contributed by atoms with van der Waals surface area (Å²) in [5, 5.41) is 9.56. The first kappa shape index (κ1) is 35.7. The van der Waals surface area contributed by atoms with E-state index in [1.165, 1.54) is 65.7 Å². The molecule has 0 N–H and O–H groups in total. The van der Waals surface area contributed by atoms with Crippen LogP contribution in [0.15, 0.2) is 241 Å². The molecule has 2 nitrogen and oxygen atoms in total. The largest absolute Gasteiger partial charge is 0.455 e. The zero-order valence-corrected chi connectivity index (χ0v) is 33.9. The zero-order valence-electron chi connectivity index (χ0n) is 33.9. The molecule has 290 valence electrons. The maximum absolute atomic E-state index is 6.48. The highest BCUT2D eigenvalue weighted by Crippen LogP contribution is 2.47. The third-order valence-electron chi connectivity index (χ3n) is 12.4. The van der Waals surface area contributed by atoms with Gasteiger partial charge in [-0.2, -0.15) is 0 Å². The van der Waals surface area contributed by atoms with Crippen molar-refractivity contribution in [1.29, 1.82) is 0 Å². The average molecular weight is 790 g/mol. The predicted octanol–water partition coefficient (Wildman–Crippen LogP) is 17.2. The molecular formula is C60H39NO. The molecular weight excluding hydrogens is 751 g/mol. The lowest BCUT2D eigenvalue weighted by atomic mass is 9.85. The normalized spacial score (nSPS) is 11.5. The van der Waals surface area contributed by atoms with Gasteiger partial charge in [0.1, 0.15) is 11.2 Å². The number of furan rings is 1. The summed E-state index contributed by atoms with van der Waals surface area (Å²) in [6.45, 7) is 0. The Balaban J connectivity index is 1.07. The molecule has 0 amide bonds. The Morgan fingerprint density at radius 2 is 0.790 bits per heavy atom. The average Bonchev–Trinajstić information content (AvgIpc) is 3.74. The smallest absolute Gasteiger partial charge is 0.143 e. The minimum absolute atomic E-state index is 0.902. The number of fused-ring (bicyclic) bond motifs is 7. The second-order valence-corrected chi connectivity index (χ2v) is 16.0. The van der Waals surface area contributed by atoms with E-state index < -0.39 is 0 Å². The third-order valence-corrected chi connectivity index (χ3v) is 12.4. The van der Waals surface area contributed by atoms with E-state index in [0.29, 0.717) is 0 Å². The zero-order chi connectivity index (χ0) is 41.0. The van der Waals surface area contributed by atoms with Crippen LogP contribution in [0.25, 0.3) is 98.8 Å². The van der Waals surface area contributed by atoms with E-state index in [9.17, 15) is 0 Å². The first-order valence-electron chi connectivity index (χ1n) is 21.2. The number of anilines is 3. The van der Waals surface area contributed by atoms with Crippen LogP contribution in [0.1, 0.15) is 0 Å². The summed E-state index contributed by atoms with van der Waals surface area (Å²) < 4.78 is 6.48. The van der Waals surface area contributed by atoms with Crippen LogP contribution in [0.4, 0.5) is 17.1 Å². The first-order chi connectivity index (χ1) is 30.7. The Morgan fingerprint density at radius 3 is 1.53 bits per heavy atom. The van der Waals surface area contributed by atoms with Crippen LogP contribution in [0.5, 0.6) is 0 Å². The van der Waals surface area contributed by atoms with Gasteiger partial charge in [0.05, 0.1) is 0 Å². The van der Waals surface area contributed by atoms with E-state index in [-0.39, 0.29) is 0 Å². The van der Waals surface area contributed by atoms with Gasteiger partial charge in [-0.15, -0.1) is 0 Å². The van der Waals surface area contributed by atoms with E-state index in [4.69, 9.17) is 4.42 Å². The van der Waals surface area contributed by atoms with Crippen molar-refractivity contribution in [3.05, 3.63) is 237 Å². The van der Waals surface area contributed by atoms with Crippen molar-refractivity contribution >= 4 is 71.3 Å². The molecule has 12 aromatic rings. The van der Waals surface area contributed by atoms with Crippen LogP contribution in [0.2, 0.25) is 0 Å². The van der Waals surface area contributed by atoms with Crippen molar-refractivity contribution in [2.24, 2.45) is 0 Å². The Morgan fingerprint density at radius 1 is 0.274 bits per heavy atom. The highest BCUT2D eigenvalue weighted by atomic mass is 16.3. The van der Waals surface area contributed by atoms with Gasteiger partial charge in [0.2, 0.25) is 0 Å². The van der Waals surface area contributed by atoms with Crippen molar-refractivity contribution in [3.63, 3.8) is 0 Å². The fourth-order valence-corrected chi connectivity index (χ4v) is 9.52. The van der Waals surface area contributed by atoms with Crippen molar-refractivity contribution in [2.45, 2.75) is 0 Å². The van der Waals surface area contributed by atoms with Crippen molar-refractivity contribution < 1.29 is 4.42 Å². The van der Waals surface area contributed by atoms with Gasteiger partial charge < -0.3 is 9.32 Å². The molecule has 12 rings (SSSR count). The van der Waals surface area contributed by atoms with Crippen molar-refractivity contribution in [1.82, 2.24) is 0 Å². The topological polar surface area (TPSA) is 16.4 Å². The summed E-state index contributed by atoms with van der Waals surface area (Å²) in [5.41, 5.74) is 14.5. The van der Waals surface area contributed by atoms with Crippen molar-refractivity contribution in [3.8, 4) is 44.5 Å².